The average molecular weight is 566 g/mol. The van der Waals surface area contributed by atoms with Crippen LogP contribution >= 0.6 is 0 Å². The molecule has 2 heterocycles. The van der Waals surface area contributed by atoms with Crippen molar-refractivity contribution in [3.8, 4) is 34.0 Å². The molecule has 7 nitrogen and oxygen atoms in total. The van der Waals surface area contributed by atoms with E-state index in [1.807, 2.05) is 6.07 Å². The monoisotopic (exact) mass is 565 g/mol. The van der Waals surface area contributed by atoms with Gasteiger partial charge in [-0.3, -0.25) is 0 Å². The van der Waals surface area contributed by atoms with E-state index < -0.39 is 17.6 Å². The normalized spacial score (nSPS) is 17.5. The van der Waals surface area contributed by atoms with E-state index in [1.54, 1.807) is 49.1 Å². The van der Waals surface area contributed by atoms with Crippen molar-refractivity contribution < 1.29 is 26.7 Å². The molecule has 1 aliphatic rings. The minimum Gasteiger partial charge on any atom is -0.435 e. The Bertz CT molecular complexity index is 1710. The minimum absolute atomic E-state index is 0.0436. The van der Waals surface area contributed by atoms with Crippen LogP contribution in [0.4, 0.5) is 17.6 Å². The van der Waals surface area contributed by atoms with Crippen molar-refractivity contribution in [3.63, 3.8) is 0 Å². The molecule has 0 bridgehead atoms. The topological polar surface area (TPSA) is 78.0 Å². The summed E-state index contributed by atoms with van der Waals surface area (Å²) in [6.07, 6.45) is -0.234. The Balaban J connectivity index is 1.38. The van der Waals surface area contributed by atoms with Gasteiger partial charge in [-0.25, -0.2) is 9.37 Å². The number of aromatic nitrogens is 4. The second kappa shape index (κ2) is 10.7. The molecule has 41 heavy (non-hydrogen) atoms. The quantitative estimate of drug-likeness (QED) is 0.220. The van der Waals surface area contributed by atoms with Crippen molar-refractivity contribution in [1.82, 2.24) is 25.1 Å². The predicted molar refractivity (Wildman–Crippen MR) is 145 cm³/mol. The Hall–Kier alpha value is -4.09. The van der Waals surface area contributed by atoms with E-state index in [0.29, 0.717) is 33.6 Å². The molecule has 2 aromatic heterocycles. The van der Waals surface area contributed by atoms with Gasteiger partial charge in [0, 0.05) is 37.9 Å². The zero-order valence-corrected chi connectivity index (χ0v) is 22.4. The van der Waals surface area contributed by atoms with Crippen molar-refractivity contribution in [2.75, 3.05) is 7.11 Å². The van der Waals surface area contributed by atoms with Crippen LogP contribution in [-0.4, -0.2) is 39.0 Å². The molecule has 0 spiro atoms. The van der Waals surface area contributed by atoms with Crippen LogP contribution in [0.1, 0.15) is 30.4 Å². The lowest BCUT2D eigenvalue weighted by atomic mass is 9.97. The summed E-state index contributed by atoms with van der Waals surface area (Å²) in [5.74, 6) is 0.0877. The van der Waals surface area contributed by atoms with E-state index in [2.05, 4.69) is 20.5 Å². The number of nitrogens with zero attached hydrogens (tertiary/aromatic N) is 4. The van der Waals surface area contributed by atoms with Crippen LogP contribution in [0.15, 0.2) is 65.3 Å². The summed E-state index contributed by atoms with van der Waals surface area (Å²) in [4.78, 5) is 4.46. The van der Waals surface area contributed by atoms with Gasteiger partial charge in [0.1, 0.15) is 23.2 Å². The molecule has 0 amide bonds. The maximum absolute atomic E-state index is 14.2. The largest absolute Gasteiger partial charge is 0.435 e. The molecule has 11 heteroatoms. The molecule has 0 aliphatic heterocycles. The van der Waals surface area contributed by atoms with Crippen LogP contribution in [-0.2, 0) is 24.5 Å². The number of halogens is 4. The van der Waals surface area contributed by atoms with Crippen molar-refractivity contribution in [2.24, 2.45) is 7.05 Å². The van der Waals surface area contributed by atoms with Crippen molar-refractivity contribution in [1.29, 1.82) is 0 Å². The number of rotatable bonds is 7. The van der Waals surface area contributed by atoms with Crippen molar-refractivity contribution in [2.45, 2.75) is 44.1 Å². The number of fused-ring (bicyclic) bond motifs is 1. The number of nitrogens with one attached hydrogen (secondary N) is 1. The predicted octanol–water partition coefficient (Wildman–Crippen LogP) is 6.77. The molecule has 0 saturated heterocycles. The van der Waals surface area contributed by atoms with Gasteiger partial charge in [0.2, 0.25) is 5.89 Å². The van der Waals surface area contributed by atoms with Gasteiger partial charge in [-0.15, -0.1) is 10.2 Å². The highest BCUT2D eigenvalue weighted by molar-refractivity contribution is 5.84. The van der Waals surface area contributed by atoms with Gasteiger partial charge < -0.3 is 19.0 Å². The maximum Gasteiger partial charge on any atom is 0.420 e. The summed E-state index contributed by atoms with van der Waals surface area (Å²) in [6, 6.07) is 14.2. The molecule has 2 unspecified atom stereocenters. The molecular formula is C30H27F4N5O2. The van der Waals surface area contributed by atoms with E-state index >= 15 is 0 Å². The molecule has 1 fully saturated rings. The highest BCUT2D eigenvalue weighted by Gasteiger charge is 2.36. The number of alkyl halides is 3. The Morgan fingerprint density at radius 3 is 2.63 bits per heavy atom. The lowest BCUT2D eigenvalue weighted by molar-refractivity contribution is -0.136. The van der Waals surface area contributed by atoms with E-state index in [9.17, 15) is 17.6 Å². The number of ether oxygens (including phenoxy) is 1. The Kier molecular flexibility index (Phi) is 7.08. The third-order valence-corrected chi connectivity index (χ3v) is 7.53. The second-order valence-electron chi connectivity index (χ2n) is 10.2. The molecule has 1 saturated carbocycles. The number of methoxy groups -OCH3 is 1. The number of aryl methyl sites for hydroxylation is 1. The second-order valence-corrected chi connectivity index (χ2v) is 10.2. The first-order valence-corrected chi connectivity index (χ1v) is 13.2. The molecule has 5 aromatic rings. The summed E-state index contributed by atoms with van der Waals surface area (Å²) in [7, 11) is 3.40. The first-order valence-electron chi connectivity index (χ1n) is 13.2. The van der Waals surface area contributed by atoms with Gasteiger partial charge in [0.05, 0.1) is 6.10 Å². The third kappa shape index (κ3) is 5.34. The molecule has 0 radical (unpaired) electrons. The molecule has 212 valence electrons. The van der Waals surface area contributed by atoms with Crippen LogP contribution in [0.3, 0.4) is 0 Å². The van der Waals surface area contributed by atoms with Crippen LogP contribution in [0.25, 0.3) is 45.1 Å². The van der Waals surface area contributed by atoms with Crippen molar-refractivity contribution in [3.05, 3.63) is 77.9 Å². The Morgan fingerprint density at radius 1 is 1.05 bits per heavy atom. The molecule has 3 aromatic carbocycles. The third-order valence-electron chi connectivity index (χ3n) is 7.53. The lowest BCUT2D eigenvalue weighted by Crippen LogP contribution is -2.36. The highest BCUT2D eigenvalue weighted by Crippen LogP contribution is 2.39. The molecule has 6 rings (SSSR count). The standard InChI is InChI=1S/C30H27F4N5O2/c1-39-16-36-38-28(39)22-14-20(31)9-10-21(22)18-5-3-6-19(13-18)29-37-25-12-17(11-23(27(25)41-29)30(32,33)34)15-35-24-7-4-8-26(24)40-2/h3,5-6,9-14,16,24,26,35H,4,7-8,15H2,1-2H3. The van der Waals surface area contributed by atoms with Gasteiger partial charge >= 0.3 is 6.18 Å². The van der Waals surface area contributed by atoms with E-state index in [-0.39, 0.29) is 35.7 Å². The smallest absolute Gasteiger partial charge is 0.420 e. The fraction of sp³-hybridized carbons (Fsp3) is 0.300. The minimum atomic E-state index is -4.63. The SMILES string of the molecule is COC1CCCC1NCc1cc(C(F)(F)F)c2oc(-c3cccc(-c4ccc(F)cc4-c4nncn4C)c3)nc2c1. The summed E-state index contributed by atoms with van der Waals surface area (Å²) in [5.41, 5.74) is 1.74. The molecule has 1 aliphatic carbocycles. The Morgan fingerprint density at radius 2 is 1.88 bits per heavy atom. The van der Waals surface area contributed by atoms with Gasteiger partial charge in [0.25, 0.3) is 0 Å². The summed E-state index contributed by atoms with van der Waals surface area (Å²) in [5, 5.41) is 11.3. The summed E-state index contributed by atoms with van der Waals surface area (Å²) >= 11 is 0. The lowest BCUT2D eigenvalue weighted by Gasteiger charge is -2.20. The van der Waals surface area contributed by atoms with Crippen molar-refractivity contribution >= 4 is 11.1 Å². The fourth-order valence-corrected chi connectivity index (χ4v) is 5.52. The van der Waals surface area contributed by atoms with Gasteiger partial charge in [-0.05, 0) is 72.4 Å². The summed E-state index contributed by atoms with van der Waals surface area (Å²) in [6.45, 7) is 0.247. The van der Waals surface area contributed by atoms with E-state index in [4.69, 9.17) is 9.15 Å². The molecular weight excluding hydrogens is 538 g/mol. The van der Waals surface area contributed by atoms with Crippen LogP contribution in [0.5, 0.6) is 0 Å². The molecule has 1 N–H and O–H groups in total. The zero-order chi connectivity index (χ0) is 28.7. The molecule has 2 atom stereocenters. The van der Waals surface area contributed by atoms with Crippen LogP contribution in [0.2, 0.25) is 0 Å². The van der Waals surface area contributed by atoms with E-state index in [1.165, 1.54) is 18.5 Å². The van der Waals surface area contributed by atoms with Crippen LogP contribution in [0, 0.1) is 5.82 Å². The maximum atomic E-state index is 14.2. The van der Waals surface area contributed by atoms with Crippen LogP contribution < -0.4 is 5.32 Å². The highest BCUT2D eigenvalue weighted by atomic mass is 19.4. The summed E-state index contributed by atoms with van der Waals surface area (Å²) < 4.78 is 69.5. The zero-order valence-electron chi connectivity index (χ0n) is 22.4. The number of hydrogen-bond donors (Lipinski definition) is 1. The van der Waals surface area contributed by atoms with Gasteiger partial charge in [-0.2, -0.15) is 13.2 Å². The number of benzene rings is 3. The number of oxazole rings is 1. The first-order chi connectivity index (χ1) is 19.7. The first kappa shape index (κ1) is 27.1. The van der Waals surface area contributed by atoms with Gasteiger partial charge in [-0.1, -0.05) is 18.2 Å². The van der Waals surface area contributed by atoms with E-state index in [0.717, 1.165) is 25.3 Å². The Labute approximate surface area is 233 Å². The average Bonchev–Trinajstić information content (AvgIpc) is 3.70. The number of hydrogen-bond acceptors (Lipinski definition) is 6. The van der Waals surface area contributed by atoms with Gasteiger partial charge in [0.15, 0.2) is 11.4 Å². The fourth-order valence-electron chi connectivity index (χ4n) is 5.52.